The van der Waals surface area contributed by atoms with Gasteiger partial charge in [0.1, 0.15) is 29.8 Å². The van der Waals surface area contributed by atoms with Gasteiger partial charge in [-0.25, -0.2) is 4.39 Å². The number of carbonyl (C=O) groups excluding carboxylic acids is 1. The number of para-hydroxylation sites is 1. The predicted molar refractivity (Wildman–Crippen MR) is 114 cm³/mol. The summed E-state index contributed by atoms with van der Waals surface area (Å²) in [5.74, 6) is -0.445. The summed E-state index contributed by atoms with van der Waals surface area (Å²) in [5.41, 5.74) is 1.45. The van der Waals surface area contributed by atoms with Gasteiger partial charge in [0.25, 0.3) is 5.91 Å². The van der Waals surface area contributed by atoms with Crippen LogP contribution in [-0.2, 0) is 11.4 Å². The van der Waals surface area contributed by atoms with Crippen molar-refractivity contribution < 1.29 is 13.9 Å². The Hall–Kier alpha value is -3.43. The third kappa shape index (κ3) is 5.53. The van der Waals surface area contributed by atoms with E-state index in [1.54, 1.807) is 60.7 Å². The quantitative estimate of drug-likeness (QED) is 0.386. The van der Waals surface area contributed by atoms with E-state index in [9.17, 15) is 14.4 Å². The molecule has 0 bridgehead atoms. The van der Waals surface area contributed by atoms with E-state index in [-0.39, 0.29) is 18.0 Å². The molecule has 0 saturated carbocycles. The van der Waals surface area contributed by atoms with Crippen LogP contribution in [0.4, 0.5) is 10.1 Å². The zero-order valence-electron chi connectivity index (χ0n) is 15.2. The fraction of sp³-hybridized carbons (Fsp3) is 0.0435. The summed E-state index contributed by atoms with van der Waals surface area (Å²) in [6, 6.07) is 22.3. The highest BCUT2D eigenvalue weighted by Gasteiger charge is 2.12. The first-order valence-electron chi connectivity index (χ1n) is 8.71. The minimum Gasteiger partial charge on any atom is -0.488 e. The van der Waals surface area contributed by atoms with Crippen LogP contribution in [0, 0.1) is 17.1 Å². The lowest BCUT2D eigenvalue weighted by atomic mass is 10.1. The molecule has 144 valence electrons. The van der Waals surface area contributed by atoms with Gasteiger partial charge in [-0.15, -0.1) is 0 Å². The van der Waals surface area contributed by atoms with Crippen LogP contribution in [0.5, 0.6) is 5.75 Å². The number of halogens is 2. The fourth-order valence-corrected chi connectivity index (χ4v) is 2.97. The summed E-state index contributed by atoms with van der Waals surface area (Å²) in [7, 11) is 0. The van der Waals surface area contributed by atoms with Crippen molar-refractivity contribution in [2.24, 2.45) is 0 Å². The number of nitrogens with one attached hydrogen (secondary N) is 1. The number of nitriles is 1. The van der Waals surface area contributed by atoms with Gasteiger partial charge in [-0.2, -0.15) is 5.26 Å². The highest BCUT2D eigenvalue weighted by atomic mass is 79.9. The number of anilines is 1. The number of hydrogen-bond acceptors (Lipinski definition) is 3. The first kappa shape index (κ1) is 20.3. The molecule has 0 aliphatic heterocycles. The van der Waals surface area contributed by atoms with Gasteiger partial charge in [-0.1, -0.05) is 58.4 Å². The Balaban J connectivity index is 1.80. The lowest BCUT2D eigenvalue weighted by Crippen LogP contribution is -2.13. The molecule has 0 atom stereocenters. The van der Waals surface area contributed by atoms with Gasteiger partial charge < -0.3 is 10.1 Å². The van der Waals surface area contributed by atoms with Crippen molar-refractivity contribution in [3.8, 4) is 11.8 Å². The Morgan fingerprint density at radius 1 is 1.10 bits per heavy atom. The molecule has 1 amide bonds. The third-order valence-electron chi connectivity index (χ3n) is 4.01. The third-order valence-corrected chi connectivity index (χ3v) is 4.50. The summed E-state index contributed by atoms with van der Waals surface area (Å²) in [6.45, 7) is 0.0314. The van der Waals surface area contributed by atoms with Crippen molar-refractivity contribution >= 4 is 33.6 Å². The molecule has 0 aliphatic carbocycles. The summed E-state index contributed by atoms with van der Waals surface area (Å²) in [6.07, 6.45) is 1.45. The van der Waals surface area contributed by atoms with Gasteiger partial charge in [0.05, 0.1) is 0 Å². The van der Waals surface area contributed by atoms with E-state index in [0.29, 0.717) is 22.6 Å². The molecule has 29 heavy (non-hydrogen) atoms. The highest BCUT2D eigenvalue weighted by Crippen LogP contribution is 2.23. The van der Waals surface area contributed by atoms with Crippen LogP contribution < -0.4 is 10.1 Å². The number of nitrogens with zero attached hydrogens (tertiary/aromatic N) is 1. The zero-order chi connectivity index (χ0) is 20.6. The molecule has 1 N–H and O–H groups in total. The average Bonchev–Trinajstić information content (AvgIpc) is 2.72. The molecule has 0 unspecified atom stereocenters. The lowest BCUT2D eigenvalue weighted by molar-refractivity contribution is -0.112. The standard InChI is InChI=1S/C23H16BrFN2O2/c24-19-8-5-9-20(13-19)27-23(28)18(14-26)12-16-6-2-4-11-22(16)29-15-17-7-1-3-10-21(17)25/h1-13H,15H2,(H,27,28)/b18-12-. The first-order chi connectivity index (χ1) is 14.1. The van der Waals surface area contributed by atoms with E-state index in [4.69, 9.17) is 4.74 Å². The lowest BCUT2D eigenvalue weighted by Gasteiger charge is -2.10. The maximum atomic E-state index is 13.8. The second-order valence-electron chi connectivity index (χ2n) is 6.05. The molecule has 0 heterocycles. The van der Waals surface area contributed by atoms with Crippen molar-refractivity contribution in [1.82, 2.24) is 0 Å². The number of carbonyl (C=O) groups is 1. The van der Waals surface area contributed by atoms with Crippen LogP contribution in [0.3, 0.4) is 0 Å². The van der Waals surface area contributed by atoms with Crippen LogP contribution in [0.15, 0.2) is 82.8 Å². The van der Waals surface area contributed by atoms with Crippen LogP contribution in [0.1, 0.15) is 11.1 Å². The molecule has 0 fully saturated rings. The van der Waals surface area contributed by atoms with Gasteiger partial charge in [-0.3, -0.25) is 4.79 Å². The van der Waals surface area contributed by atoms with E-state index in [1.165, 1.54) is 12.1 Å². The van der Waals surface area contributed by atoms with Gasteiger partial charge in [0.2, 0.25) is 0 Å². The topological polar surface area (TPSA) is 62.1 Å². The molecule has 3 rings (SSSR count). The van der Waals surface area contributed by atoms with E-state index in [1.807, 2.05) is 12.1 Å². The van der Waals surface area contributed by atoms with Gasteiger partial charge in [-0.05, 0) is 36.4 Å². The Morgan fingerprint density at radius 2 is 1.86 bits per heavy atom. The normalized spacial score (nSPS) is 10.9. The number of ether oxygens (including phenoxy) is 1. The van der Waals surface area contributed by atoms with E-state index < -0.39 is 5.91 Å². The van der Waals surface area contributed by atoms with Gasteiger partial charge >= 0.3 is 0 Å². The number of rotatable bonds is 6. The molecule has 6 heteroatoms. The molecule has 0 saturated heterocycles. The average molecular weight is 451 g/mol. The van der Waals surface area contributed by atoms with Gasteiger partial charge in [0.15, 0.2) is 0 Å². The second-order valence-corrected chi connectivity index (χ2v) is 6.97. The van der Waals surface area contributed by atoms with Crippen LogP contribution in [0.25, 0.3) is 6.08 Å². The van der Waals surface area contributed by atoms with E-state index in [0.717, 1.165) is 4.47 Å². The first-order valence-corrected chi connectivity index (χ1v) is 9.50. The Bertz CT molecular complexity index is 1110. The van der Waals surface area contributed by atoms with E-state index in [2.05, 4.69) is 21.2 Å². The molecule has 0 aromatic heterocycles. The second kappa shape index (κ2) is 9.67. The van der Waals surface area contributed by atoms with E-state index >= 15 is 0 Å². The number of hydrogen-bond donors (Lipinski definition) is 1. The summed E-state index contributed by atoms with van der Waals surface area (Å²) in [4.78, 5) is 12.5. The van der Waals surface area contributed by atoms with Crippen LogP contribution >= 0.6 is 15.9 Å². The minimum atomic E-state index is -0.533. The zero-order valence-corrected chi connectivity index (χ0v) is 16.8. The maximum absolute atomic E-state index is 13.8. The number of amides is 1. The van der Waals surface area contributed by atoms with Gasteiger partial charge in [0, 0.05) is 21.3 Å². The minimum absolute atomic E-state index is 0.0314. The largest absolute Gasteiger partial charge is 0.488 e. The molecule has 3 aromatic carbocycles. The Labute approximate surface area is 176 Å². The Kier molecular flexibility index (Phi) is 6.77. The molecule has 0 aliphatic rings. The molecule has 4 nitrogen and oxygen atoms in total. The summed E-state index contributed by atoms with van der Waals surface area (Å²) in [5, 5.41) is 12.1. The monoisotopic (exact) mass is 450 g/mol. The van der Waals surface area contributed by atoms with Crippen molar-refractivity contribution in [2.45, 2.75) is 6.61 Å². The van der Waals surface area contributed by atoms with Crippen molar-refractivity contribution in [2.75, 3.05) is 5.32 Å². The number of benzene rings is 3. The Morgan fingerprint density at radius 3 is 2.62 bits per heavy atom. The maximum Gasteiger partial charge on any atom is 0.266 e. The van der Waals surface area contributed by atoms with Crippen LogP contribution in [-0.4, -0.2) is 5.91 Å². The van der Waals surface area contributed by atoms with Crippen molar-refractivity contribution in [1.29, 1.82) is 5.26 Å². The smallest absolute Gasteiger partial charge is 0.266 e. The molecular formula is C23H16BrFN2O2. The fourth-order valence-electron chi connectivity index (χ4n) is 2.57. The molecule has 0 radical (unpaired) electrons. The molecule has 3 aromatic rings. The molecular weight excluding hydrogens is 435 g/mol. The summed E-state index contributed by atoms with van der Waals surface area (Å²) < 4.78 is 20.3. The molecule has 0 spiro atoms. The van der Waals surface area contributed by atoms with Crippen molar-refractivity contribution in [3.63, 3.8) is 0 Å². The van der Waals surface area contributed by atoms with Crippen LogP contribution in [0.2, 0.25) is 0 Å². The SMILES string of the molecule is N#C/C(=C/c1ccccc1OCc1ccccc1F)C(=O)Nc1cccc(Br)c1. The predicted octanol–water partition coefficient (Wildman–Crippen LogP) is 5.71. The summed E-state index contributed by atoms with van der Waals surface area (Å²) >= 11 is 3.34. The highest BCUT2D eigenvalue weighted by molar-refractivity contribution is 9.10. The van der Waals surface area contributed by atoms with Crippen molar-refractivity contribution in [3.05, 3.63) is 99.8 Å².